The highest BCUT2D eigenvalue weighted by molar-refractivity contribution is 5.61. The average Bonchev–Trinajstić information content (AvgIpc) is 2.32. The molecule has 2 rings (SSSR count). The van der Waals surface area contributed by atoms with Gasteiger partial charge in [-0.15, -0.1) is 0 Å². The van der Waals surface area contributed by atoms with E-state index in [0.717, 1.165) is 6.07 Å². The predicted molar refractivity (Wildman–Crippen MR) is 59.4 cm³/mol. The monoisotopic (exact) mass is 255 g/mol. The maximum Gasteiger partial charge on any atom is 0.433 e. The van der Waals surface area contributed by atoms with Crippen LogP contribution in [0.2, 0.25) is 0 Å². The second-order valence-corrected chi connectivity index (χ2v) is 3.84. The van der Waals surface area contributed by atoms with Gasteiger partial charge in [0.1, 0.15) is 11.5 Å². The number of aromatic nitrogens is 1. The number of benzene rings is 1. The minimum atomic E-state index is -4.53. The molecule has 0 unspecified atom stereocenters. The van der Waals surface area contributed by atoms with Gasteiger partial charge in [-0.05, 0) is 30.7 Å². The molecule has 2 aromatic rings. The van der Waals surface area contributed by atoms with Gasteiger partial charge in [0, 0.05) is 5.56 Å². The van der Waals surface area contributed by atoms with Gasteiger partial charge in [0.25, 0.3) is 0 Å². The molecule has 94 valence electrons. The van der Waals surface area contributed by atoms with Crippen LogP contribution in [0.5, 0.6) is 0 Å². The van der Waals surface area contributed by atoms with E-state index < -0.39 is 17.7 Å². The van der Waals surface area contributed by atoms with Crippen LogP contribution in [-0.2, 0) is 6.18 Å². The van der Waals surface area contributed by atoms with E-state index in [1.165, 1.54) is 18.2 Å². The Morgan fingerprint density at radius 3 is 2.33 bits per heavy atom. The fourth-order valence-corrected chi connectivity index (χ4v) is 1.59. The van der Waals surface area contributed by atoms with Crippen LogP contribution in [0.3, 0.4) is 0 Å². The predicted octanol–water partition coefficient (Wildman–Crippen LogP) is 4.21. The largest absolute Gasteiger partial charge is 0.433 e. The summed E-state index contributed by atoms with van der Waals surface area (Å²) in [6.07, 6.45) is -4.53. The van der Waals surface area contributed by atoms with Gasteiger partial charge in [-0.1, -0.05) is 18.2 Å². The molecule has 0 aliphatic rings. The average molecular weight is 255 g/mol. The van der Waals surface area contributed by atoms with Gasteiger partial charge in [-0.25, -0.2) is 9.37 Å². The fraction of sp³-hybridized carbons (Fsp3) is 0.154. The normalized spacial score (nSPS) is 11.6. The lowest BCUT2D eigenvalue weighted by Gasteiger charge is -2.09. The standard InChI is InChI=1S/C13H9F4N/c1-8-4-2-5-9(12(8)14)10-6-3-7-11(18-10)13(15,16)17/h2-7H,1H3. The number of aryl methyl sites for hydroxylation is 1. The zero-order valence-corrected chi connectivity index (χ0v) is 9.42. The van der Waals surface area contributed by atoms with Gasteiger partial charge < -0.3 is 0 Å². The molecule has 0 spiro atoms. The summed E-state index contributed by atoms with van der Waals surface area (Å²) < 4.78 is 51.3. The van der Waals surface area contributed by atoms with Crippen molar-refractivity contribution in [2.24, 2.45) is 0 Å². The highest BCUT2D eigenvalue weighted by Crippen LogP contribution is 2.30. The molecule has 18 heavy (non-hydrogen) atoms. The lowest BCUT2D eigenvalue weighted by molar-refractivity contribution is -0.141. The van der Waals surface area contributed by atoms with Crippen molar-refractivity contribution in [3.8, 4) is 11.3 Å². The number of pyridine rings is 1. The number of hydrogen-bond acceptors (Lipinski definition) is 1. The summed E-state index contributed by atoms with van der Waals surface area (Å²) in [6.45, 7) is 1.55. The molecule has 5 heteroatoms. The highest BCUT2D eigenvalue weighted by atomic mass is 19.4. The van der Waals surface area contributed by atoms with Crippen LogP contribution >= 0.6 is 0 Å². The van der Waals surface area contributed by atoms with Crippen molar-refractivity contribution in [2.45, 2.75) is 13.1 Å². The van der Waals surface area contributed by atoms with Gasteiger partial charge >= 0.3 is 6.18 Å². The first-order chi connectivity index (χ1) is 8.39. The van der Waals surface area contributed by atoms with E-state index in [1.54, 1.807) is 19.1 Å². The molecule has 0 bridgehead atoms. The SMILES string of the molecule is Cc1cccc(-c2cccc(C(F)(F)F)n2)c1F. The van der Waals surface area contributed by atoms with Crippen molar-refractivity contribution in [1.82, 2.24) is 4.98 Å². The zero-order chi connectivity index (χ0) is 13.3. The third-order valence-corrected chi connectivity index (χ3v) is 2.51. The second-order valence-electron chi connectivity index (χ2n) is 3.84. The van der Waals surface area contributed by atoms with E-state index in [2.05, 4.69) is 4.98 Å². The number of hydrogen-bond donors (Lipinski definition) is 0. The van der Waals surface area contributed by atoms with Crippen LogP contribution < -0.4 is 0 Å². The van der Waals surface area contributed by atoms with Crippen LogP contribution in [0.4, 0.5) is 17.6 Å². The Morgan fingerprint density at radius 2 is 1.67 bits per heavy atom. The van der Waals surface area contributed by atoms with Crippen molar-refractivity contribution in [3.63, 3.8) is 0 Å². The molecule has 0 N–H and O–H groups in total. The van der Waals surface area contributed by atoms with E-state index >= 15 is 0 Å². The highest BCUT2D eigenvalue weighted by Gasteiger charge is 2.32. The zero-order valence-electron chi connectivity index (χ0n) is 9.42. The summed E-state index contributed by atoms with van der Waals surface area (Å²) in [5.41, 5.74) is -0.611. The summed E-state index contributed by atoms with van der Waals surface area (Å²) in [5, 5.41) is 0. The Bertz CT molecular complexity index is 575. The van der Waals surface area contributed by atoms with Crippen molar-refractivity contribution >= 4 is 0 Å². The molecule has 0 saturated heterocycles. The van der Waals surface area contributed by atoms with Gasteiger partial charge in [0.2, 0.25) is 0 Å². The maximum absolute atomic E-state index is 13.8. The van der Waals surface area contributed by atoms with E-state index in [0.29, 0.717) is 5.56 Å². The minimum absolute atomic E-state index is 0.0222. The fourth-order valence-electron chi connectivity index (χ4n) is 1.59. The number of halogens is 4. The summed E-state index contributed by atoms with van der Waals surface area (Å²) in [7, 11) is 0. The number of alkyl halides is 3. The molecule has 0 aliphatic heterocycles. The van der Waals surface area contributed by atoms with Gasteiger partial charge in [0.05, 0.1) is 5.69 Å². The summed E-state index contributed by atoms with van der Waals surface area (Å²) in [6, 6.07) is 7.96. The molecule has 0 radical (unpaired) electrons. The number of rotatable bonds is 1. The van der Waals surface area contributed by atoms with E-state index in [-0.39, 0.29) is 11.3 Å². The van der Waals surface area contributed by atoms with Crippen LogP contribution in [0.15, 0.2) is 36.4 Å². The Hall–Kier alpha value is -1.91. The molecule has 1 aromatic heterocycles. The first-order valence-electron chi connectivity index (χ1n) is 5.19. The van der Waals surface area contributed by atoms with Gasteiger partial charge in [-0.3, -0.25) is 0 Å². The molecule has 0 amide bonds. The maximum atomic E-state index is 13.8. The topological polar surface area (TPSA) is 12.9 Å². The van der Waals surface area contributed by atoms with E-state index in [1.807, 2.05) is 0 Å². The quantitative estimate of drug-likeness (QED) is 0.695. The van der Waals surface area contributed by atoms with Gasteiger partial charge in [-0.2, -0.15) is 13.2 Å². The molecule has 0 saturated carbocycles. The molecule has 0 aliphatic carbocycles. The van der Waals surface area contributed by atoms with E-state index in [9.17, 15) is 17.6 Å². The first-order valence-corrected chi connectivity index (χ1v) is 5.19. The minimum Gasteiger partial charge on any atom is -0.243 e. The Balaban J connectivity index is 2.55. The Kier molecular flexibility index (Phi) is 3.07. The van der Waals surface area contributed by atoms with Crippen LogP contribution in [0.1, 0.15) is 11.3 Å². The lowest BCUT2D eigenvalue weighted by Crippen LogP contribution is -2.08. The molecule has 1 heterocycles. The summed E-state index contributed by atoms with van der Waals surface area (Å²) >= 11 is 0. The molecular weight excluding hydrogens is 246 g/mol. The Morgan fingerprint density at radius 1 is 1.00 bits per heavy atom. The van der Waals surface area contributed by atoms with Crippen molar-refractivity contribution in [2.75, 3.05) is 0 Å². The second kappa shape index (κ2) is 4.40. The number of nitrogens with zero attached hydrogens (tertiary/aromatic N) is 1. The molecule has 0 fully saturated rings. The molecule has 0 atom stereocenters. The van der Waals surface area contributed by atoms with Crippen molar-refractivity contribution in [1.29, 1.82) is 0 Å². The Labute approximate surface area is 101 Å². The van der Waals surface area contributed by atoms with Gasteiger partial charge in [0.15, 0.2) is 0 Å². The third-order valence-electron chi connectivity index (χ3n) is 2.51. The van der Waals surface area contributed by atoms with Crippen molar-refractivity contribution in [3.05, 3.63) is 53.5 Å². The van der Waals surface area contributed by atoms with Crippen LogP contribution in [0, 0.1) is 12.7 Å². The third kappa shape index (κ3) is 2.34. The van der Waals surface area contributed by atoms with E-state index in [4.69, 9.17) is 0 Å². The van der Waals surface area contributed by atoms with Crippen LogP contribution in [0.25, 0.3) is 11.3 Å². The summed E-state index contributed by atoms with van der Waals surface area (Å²) in [4.78, 5) is 3.45. The smallest absolute Gasteiger partial charge is 0.243 e. The van der Waals surface area contributed by atoms with Crippen LogP contribution in [-0.4, -0.2) is 4.98 Å². The molecular formula is C13H9F4N. The molecule has 1 aromatic carbocycles. The summed E-state index contributed by atoms with van der Waals surface area (Å²) in [5.74, 6) is -0.552. The first kappa shape index (κ1) is 12.5. The van der Waals surface area contributed by atoms with Crippen molar-refractivity contribution < 1.29 is 17.6 Å². The lowest BCUT2D eigenvalue weighted by atomic mass is 10.1. The molecule has 1 nitrogen and oxygen atoms in total.